The maximum atomic E-state index is 13.8. The average Bonchev–Trinajstić information content (AvgIpc) is 3.54. The first-order chi connectivity index (χ1) is 14.4. The minimum absolute atomic E-state index is 0.210. The second-order valence-electron chi connectivity index (χ2n) is 8.07. The Hall–Kier alpha value is -2.89. The first-order valence-corrected chi connectivity index (χ1v) is 11.6. The van der Waals surface area contributed by atoms with Crippen molar-refractivity contribution in [1.82, 2.24) is 0 Å². The van der Waals surface area contributed by atoms with Gasteiger partial charge in [-0.1, -0.05) is 72.3 Å². The lowest BCUT2D eigenvalue weighted by molar-refractivity contribution is 0.127. The number of aliphatic hydroxyl groups is 1. The molecule has 0 bridgehead atoms. The van der Waals surface area contributed by atoms with E-state index in [0.29, 0.717) is 22.5 Å². The molecule has 1 fully saturated rings. The summed E-state index contributed by atoms with van der Waals surface area (Å²) >= 11 is 0. The van der Waals surface area contributed by atoms with Gasteiger partial charge in [0, 0.05) is 5.56 Å². The van der Waals surface area contributed by atoms with Crippen LogP contribution in [0, 0.1) is 12.8 Å². The van der Waals surface area contributed by atoms with E-state index in [9.17, 15) is 13.5 Å². The quantitative estimate of drug-likeness (QED) is 0.667. The van der Waals surface area contributed by atoms with Crippen molar-refractivity contribution in [3.05, 3.63) is 107 Å². The molecule has 3 aromatic carbocycles. The first-order valence-electron chi connectivity index (χ1n) is 10.1. The molecule has 4 nitrogen and oxygen atoms in total. The Kier molecular flexibility index (Phi) is 4.34. The average molecular weight is 418 g/mol. The van der Waals surface area contributed by atoms with Crippen molar-refractivity contribution in [2.45, 2.75) is 30.3 Å². The molecule has 0 aromatic heterocycles. The molecule has 2 aliphatic rings. The van der Waals surface area contributed by atoms with Gasteiger partial charge in [-0.05, 0) is 49.4 Å². The molecule has 1 unspecified atom stereocenters. The number of nitrogens with zero attached hydrogens (tertiary/aromatic N) is 1. The molecule has 0 saturated heterocycles. The molecule has 5 rings (SSSR count). The summed E-state index contributed by atoms with van der Waals surface area (Å²) in [6, 6.07) is 23.4. The van der Waals surface area contributed by atoms with Gasteiger partial charge in [-0.2, -0.15) is 0 Å². The monoisotopic (exact) mass is 417 g/mol. The number of hydrogen-bond acceptors (Lipinski definition) is 3. The van der Waals surface area contributed by atoms with E-state index in [-0.39, 0.29) is 10.8 Å². The number of aryl methyl sites for hydroxylation is 1. The highest BCUT2D eigenvalue weighted by atomic mass is 32.2. The maximum Gasteiger partial charge on any atom is 0.268 e. The predicted octanol–water partition coefficient (Wildman–Crippen LogP) is 4.73. The fraction of sp³-hybridized carbons (Fsp3) is 0.200. The van der Waals surface area contributed by atoms with Gasteiger partial charge in [0.05, 0.1) is 16.3 Å². The molecule has 0 radical (unpaired) electrons. The van der Waals surface area contributed by atoms with Crippen molar-refractivity contribution in [3.8, 4) is 0 Å². The highest BCUT2D eigenvalue weighted by Crippen LogP contribution is 2.53. The Morgan fingerprint density at radius 3 is 2.23 bits per heavy atom. The molecule has 1 aliphatic heterocycles. The van der Waals surface area contributed by atoms with Gasteiger partial charge in [0.2, 0.25) is 0 Å². The lowest BCUT2D eigenvalue weighted by Gasteiger charge is -2.29. The van der Waals surface area contributed by atoms with Crippen molar-refractivity contribution >= 4 is 15.7 Å². The smallest absolute Gasteiger partial charge is 0.268 e. The van der Waals surface area contributed by atoms with Crippen LogP contribution in [0.15, 0.2) is 95.5 Å². The summed E-state index contributed by atoms with van der Waals surface area (Å²) in [5.41, 5.74) is 1.60. The van der Waals surface area contributed by atoms with E-state index >= 15 is 0 Å². The highest BCUT2D eigenvalue weighted by Gasteiger charge is 2.52. The van der Waals surface area contributed by atoms with E-state index in [4.69, 9.17) is 0 Å². The van der Waals surface area contributed by atoms with Crippen LogP contribution in [0.1, 0.15) is 29.5 Å². The van der Waals surface area contributed by atoms with Crippen LogP contribution in [0.5, 0.6) is 0 Å². The normalized spacial score (nSPS) is 22.3. The molecule has 1 aliphatic carbocycles. The van der Waals surface area contributed by atoms with E-state index in [2.05, 4.69) is 0 Å². The zero-order valence-electron chi connectivity index (χ0n) is 16.7. The van der Waals surface area contributed by atoms with Gasteiger partial charge in [0.25, 0.3) is 10.0 Å². The van der Waals surface area contributed by atoms with Gasteiger partial charge in [-0.25, -0.2) is 12.7 Å². The molecule has 152 valence electrons. The molecule has 30 heavy (non-hydrogen) atoms. The third-order valence-electron chi connectivity index (χ3n) is 5.87. The SMILES string of the molecule is Cc1ccc(S(=O)(=O)N2/C(=C\C3CC3)C(O)(c3ccccc3)c3ccccc32)cc1. The van der Waals surface area contributed by atoms with E-state index < -0.39 is 15.6 Å². The number of rotatable bonds is 4. The predicted molar refractivity (Wildman–Crippen MR) is 118 cm³/mol. The molecule has 1 saturated carbocycles. The fourth-order valence-corrected chi connectivity index (χ4v) is 5.66. The van der Waals surface area contributed by atoms with Gasteiger partial charge in [-0.3, -0.25) is 0 Å². The summed E-state index contributed by atoms with van der Waals surface area (Å²) < 4.78 is 29.0. The molecule has 5 heteroatoms. The summed E-state index contributed by atoms with van der Waals surface area (Å²) in [6.45, 7) is 1.92. The van der Waals surface area contributed by atoms with Crippen LogP contribution in [-0.2, 0) is 15.6 Å². The highest BCUT2D eigenvalue weighted by molar-refractivity contribution is 7.93. The summed E-state index contributed by atoms with van der Waals surface area (Å²) in [5, 5.41) is 12.1. The van der Waals surface area contributed by atoms with Crippen molar-refractivity contribution in [2.75, 3.05) is 4.31 Å². The van der Waals surface area contributed by atoms with Crippen molar-refractivity contribution in [2.24, 2.45) is 5.92 Å². The van der Waals surface area contributed by atoms with Crippen LogP contribution in [0.3, 0.4) is 0 Å². The van der Waals surface area contributed by atoms with E-state index in [1.165, 1.54) is 4.31 Å². The Morgan fingerprint density at radius 2 is 1.57 bits per heavy atom. The van der Waals surface area contributed by atoms with Crippen LogP contribution in [0.25, 0.3) is 0 Å². The molecular weight excluding hydrogens is 394 g/mol. The zero-order valence-corrected chi connectivity index (χ0v) is 17.5. The van der Waals surface area contributed by atoms with E-state index in [1.54, 1.807) is 30.3 Å². The van der Waals surface area contributed by atoms with E-state index in [0.717, 1.165) is 18.4 Å². The Labute approximate surface area is 177 Å². The summed E-state index contributed by atoms with van der Waals surface area (Å²) in [5.74, 6) is 0.278. The molecule has 1 atom stereocenters. The van der Waals surface area contributed by atoms with Crippen molar-refractivity contribution < 1.29 is 13.5 Å². The number of para-hydroxylation sites is 1. The second-order valence-corrected chi connectivity index (χ2v) is 9.85. The summed E-state index contributed by atoms with van der Waals surface area (Å²) in [7, 11) is -3.91. The van der Waals surface area contributed by atoms with Crippen LogP contribution in [0.2, 0.25) is 0 Å². The van der Waals surface area contributed by atoms with E-state index in [1.807, 2.05) is 61.5 Å². The molecule has 0 spiro atoms. The second kappa shape index (κ2) is 6.83. The van der Waals surface area contributed by atoms with Gasteiger partial charge in [-0.15, -0.1) is 0 Å². The van der Waals surface area contributed by atoms with Crippen LogP contribution in [-0.4, -0.2) is 13.5 Å². The summed E-state index contributed by atoms with van der Waals surface area (Å²) in [6.07, 6.45) is 3.95. The minimum atomic E-state index is -3.91. The lowest BCUT2D eigenvalue weighted by atomic mass is 9.85. The largest absolute Gasteiger partial charge is 0.374 e. The number of anilines is 1. The molecule has 3 aromatic rings. The third-order valence-corrected chi connectivity index (χ3v) is 7.61. The molecule has 0 amide bonds. The number of sulfonamides is 1. The number of benzene rings is 3. The maximum absolute atomic E-state index is 13.8. The number of hydrogen-bond donors (Lipinski definition) is 1. The van der Waals surface area contributed by atoms with Crippen LogP contribution in [0.4, 0.5) is 5.69 Å². The lowest BCUT2D eigenvalue weighted by Crippen LogP contribution is -2.35. The van der Waals surface area contributed by atoms with Crippen LogP contribution < -0.4 is 4.31 Å². The van der Waals surface area contributed by atoms with Gasteiger partial charge in [0.1, 0.15) is 0 Å². The standard InChI is InChI=1S/C25H23NO3S/c1-18-11-15-21(16-12-18)30(28,29)26-23-10-6-5-9-22(23)25(27,20-7-3-2-4-8-20)24(26)17-19-13-14-19/h2-12,15-17,19,27H,13-14H2,1H3/b24-17-. The minimum Gasteiger partial charge on any atom is -0.374 e. The molecular formula is C25H23NO3S. The van der Waals surface area contributed by atoms with Crippen LogP contribution >= 0.6 is 0 Å². The van der Waals surface area contributed by atoms with Gasteiger partial charge in [0.15, 0.2) is 5.60 Å². The topological polar surface area (TPSA) is 57.6 Å². The van der Waals surface area contributed by atoms with Crippen molar-refractivity contribution in [1.29, 1.82) is 0 Å². The number of allylic oxidation sites excluding steroid dienone is 1. The van der Waals surface area contributed by atoms with Gasteiger partial charge < -0.3 is 5.11 Å². The molecule has 1 heterocycles. The van der Waals surface area contributed by atoms with Crippen molar-refractivity contribution in [3.63, 3.8) is 0 Å². The Bertz CT molecular complexity index is 1230. The molecule has 1 N–H and O–H groups in total. The third kappa shape index (κ3) is 2.89. The Balaban J connectivity index is 1.78. The zero-order chi connectivity index (χ0) is 20.9. The summed E-state index contributed by atoms with van der Waals surface area (Å²) in [4.78, 5) is 0.210. The first kappa shape index (κ1) is 19.1. The van der Waals surface area contributed by atoms with Gasteiger partial charge >= 0.3 is 0 Å². The number of fused-ring (bicyclic) bond motifs is 1. The Morgan fingerprint density at radius 1 is 0.933 bits per heavy atom. The fourth-order valence-electron chi connectivity index (χ4n) is 4.10.